The summed E-state index contributed by atoms with van der Waals surface area (Å²) >= 11 is 0. The number of aromatic nitrogens is 1. The molecule has 0 aliphatic heterocycles. The van der Waals surface area contributed by atoms with E-state index in [0.29, 0.717) is 11.5 Å². The average Bonchev–Trinajstić information content (AvgIpc) is 2.84. The Bertz CT molecular complexity index is 534. The number of carbonyl (C=O) groups is 1. The number of esters is 1. The summed E-state index contributed by atoms with van der Waals surface area (Å²) in [6.07, 6.45) is 1.61. The molecule has 0 fully saturated rings. The number of aryl methyl sites for hydroxylation is 1. The van der Waals surface area contributed by atoms with Crippen molar-refractivity contribution in [1.29, 1.82) is 0 Å². The standard InChI is InChI=1S/C10H9NO5/c1-6-8(16-10(13)15-6)5-14-9(12)7-3-2-4-11-7/h2-4,11H,5H2,1H3. The summed E-state index contributed by atoms with van der Waals surface area (Å²) in [5, 5.41) is 0. The van der Waals surface area contributed by atoms with E-state index >= 15 is 0 Å². The van der Waals surface area contributed by atoms with Gasteiger partial charge >= 0.3 is 11.8 Å². The van der Waals surface area contributed by atoms with E-state index in [1.54, 1.807) is 25.3 Å². The van der Waals surface area contributed by atoms with Crippen molar-refractivity contribution in [2.75, 3.05) is 0 Å². The molecule has 16 heavy (non-hydrogen) atoms. The number of H-pyrrole nitrogens is 1. The smallest absolute Gasteiger partial charge is 0.453 e. The van der Waals surface area contributed by atoms with Crippen LogP contribution in [0.4, 0.5) is 0 Å². The van der Waals surface area contributed by atoms with Crippen LogP contribution in [0.1, 0.15) is 22.0 Å². The monoisotopic (exact) mass is 223 g/mol. The van der Waals surface area contributed by atoms with Gasteiger partial charge in [-0.25, -0.2) is 9.59 Å². The highest BCUT2D eigenvalue weighted by molar-refractivity contribution is 5.87. The molecule has 6 nitrogen and oxygen atoms in total. The number of hydrogen-bond acceptors (Lipinski definition) is 5. The van der Waals surface area contributed by atoms with E-state index in [2.05, 4.69) is 13.8 Å². The van der Waals surface area contributed by atoms with Gasteiger partial charge in [-0.05, 0) is 19.1 Å². The molecular weight excluding hydrogens is 214 g/mol. The van der Waals surface area contributed by atoms with Crippen LogP contribution in [0.25, 0.3) is 0 Å². The minimum Gasteiger partial charge on any atom is -0.453 e. The molecule has 0 aromatic carbocycles. The van der Waals surface area contributed by atoms with Gasteiger partial charge in [0.05, 0.1) is 0 Å². The van der Waals surface area contributed by atoms with Crippen molar-refractivity contribution in [2.24, 2.45) is 0 Å². The zero-order chi connectivity index (χ0) is 11.5. The number of aromatic amines is 1. The van der Waals surface area contributed by atoms with Crippen LogP contribution in [-0.2, 0) is 11.3 Å². The summed E-state index contributed by atoms with van der Waals surface area (Å²) in [5.74, 6) is -0.800. The van der Waals surface area contributed by atoms with E-state index in [0.717, 1.165) is 0 Å². The largest absolute Gasteiger partial charge is 0.519 e. The van der Waals surface area contributed by atoms with E-state index in [4.69, 9.17) is 4.74 Å². The van der Waals surface area contributed by atoms with Crippen LogP contribution in [0.15, 0.2) is 32.0 Å². The molecule has 6 heteroatoms. The van der Waals surface area contributed by atoms with Gasteiger partial charge in [0.2, 0.25) is 0 Å². The predicted octanol–water partition coefficient (Wildman–Crippen LogP) is 1.23. The van der Waals surface area contributed by atoms with Crippen LogP contribution >= 0.6 is 0 Å². The maximum absolute atomic E-state index is 11.4. The summed E-state index contributed by atoms with van der Waals surface area (Å²) in [5.41, 5.74) is 0.337. The highest BCUT2D eigenvalue weighted by Gasteiger charge is 2.12. The summed E-state index contributed by atoms with van der Waals surface area (Å²) in [6.45, 7) is 1.43. The van der Waals surface area contributed by atoms with Crippen LogP contribution in [0.2, 0.25) is 0 Å². The number of ether oxygens (including phenoxy) is 1. The van der Waals surface area contributed by atoms with E-state index in [1.165, 1.54) is 0 Å². The Hall–Kier alpha value is -2.24. The maximum Gasteiger partial charge on any atom is 0.519 e. The maximum atomic E-state index is 11.4. The first-order chi connectivity index (χ1) is 7.66. The minimum atomic E-state index is -0.802. The lowest BCUT2D eigenvalue weighted by Gasteiger charge is -2.00. The van der Waals surface area contributed by atoms with Crippen LogP contribution < -0.4 is 5.82 Å². The zero-order valence-electron chi connectivity index (χ0n) is 8.48. The van der Waals surface area contributed by atoms with Gasteiger partial charge in [-0.2, -0.15) is 0 Å². The molecule has 84 valence electrons. The van der Waals surface area contributed by atoms with Gasteiger partial charge in [-0.1, -0.05) is 0 Å². The molecule has 1 N–H and O–H groups in total. The molecule has 0 aliphatic rings. The lowest BCUT2D eigenvalue weighted by Crippen LogP contribution is -2.05. The zero-order valence-corrected chi connectivity index (χ0v) is 8.48. The molecule has 0 atom stereocenters. The Morgan fingerprint density at radius 2 is 2.31 bits per heavy atom. The second kappa shape index (κ2) is 4.09. The third-order valence-corrected chi connectivity index (χ3v) is 1.99. The van der Waals surface area contributed by atoms with Crippen molar-refractivity contribution >= 4 is 5.97 Å². The Balaban J connectivity index is 2.00. The molecule has 0 saturated carbocycles. The Labute approximate surface area is 89.8 Å². The summed E-state index contributed by atoms with van der Waals surface area (Å²) in [6, 6.07) is 3.26. The molecule has 0 radical (unpaired) electrons. The molecule has 2 rings (SSSR count). The Morgan fingerprint density at radius 3 is 2.88 bits per heavy atom. The van der Waals surface area contributed by atoms with E-state index in [9.17, 15) is 9.59 Å². The van der Waals surface area contributed by atoms with Crippen LogP contribution in [0.3, 0.4) is 0 Å². The second-order valence-electron chi connectivity index (χ2n) is 3.09. The molecule has 0 unspecified atom stereocenters. The highest BCUT2D eigenvalue weighted by Crippen LogP contribution is 2.08. The molecule has 0 saturated heterocycles. The Kier molecular flexibility index (Phi) is 2.63. The summed E-state index contributed by atoms with van der Waals surface area (Å²) in [4.78, 5) is 24.8. The number of carbonyl (C=O) groups excluding carboxylic acids is 1. The van der Waals surface area contributed by atoms with Crippen molar-refractivity contribution in [3.63, 3.8) is 0 Å². The van der Waals surface area contributed by atoms with Gasteiger partial charge in [-0.15, -0.1) is 0 Å². The van der Waals surface area contributed by atoms with Gasteiger partial charge in [0.15, 0.2) is 18.1 Å². The summed E-state index contributed by atoms with van der Waals surface area (Å²) < 4.78 is 14.2. The topological polar surface area (TPSA) is 85.4 Å². The minimum absolute atomic E-state index is 0.130. The predicted molar refractivity (Wildman–Crippen MR) is 51.9 cm³/mol. The normalized spacial score (nSPS) is 10.3. The van der Waals surface area contributed by atoms with Gasteiger partial charge in [-0.3, -0.25) is 0 Å². The lowest BCUT2D eigenvalue weighted by atomic mass is 10.4. The van der Waals surface area contributed by atoms with Gasteiger partial charge < -0.3 is 18.6 Å². The Morgan fingerprint density at radius 1 is 1.50 bits per heavy atom. The fourth-order valence-electron chi connectivity index (χ4n) is 1.17. The third-order valence-electron chi connectivity index (χ3n) is 1.99. The molecule has 0 spiro atoms. The first-order valence-corrected chi connectivity index (χ1v) is 4.57. The van der Waals surface area contributed by atoms with Crippen molar-refractivity contribution in [1.82, 2.24) is 4.98 Å². The molecule has 2 heterocycles. The van der Waals surface area contributed by atoms with Crippen LogP contribution in [-0.4, -0.2) is 11.0 Å². The van der Waals surface area contributed by atoms with E-state index < -0.39 is 11.8 Å². The first kappa shape index (κ1) is 10.3. The van der Waals surface area contributed by atoms with Gasteiger partial charge in [0.1, 0.15) is 5.69 Å². The average molecular weight is 223 g/mol. The van der Waals surface area contributed by atoms with Crippen molar-refractivity contribution < 1.29 is 18.4 Å². The van der Waals surface area contributed by atoms with Gasteiger partial charge in [0, 0.05) is 6.20 Å². The van der Waals surface area contributed by atoms with Gasteiger partial charge in [0.25, 0.3) is 0 Å². The molecule has 0 bridgehead atoms. The SMILES string of the molecule is Cc1oc(=O)oc1COC(=O)c1ccc[nH]1. The number of hydrogen-bond donors (Lipinski definition) is 1. The van der Waals surface area contributed by atoms with Crippen molar-refractivity contribution in [3.05, 3.63) is 46.2 Å². The molecule has 0 amide bonds. The van der Waals surface area contributed by atoms with E-state index in [-0.39, 0.29) is 12.4 Å². The van der Waals surface area contributed by atoms with E-state index in [1.807, 2.05) is 0 Å². The highest BCUT2D eigenvalue weighted by atomic mass is 16.6. The van der Waals surface area contributed by atoms with Crippen LogP contribution in [0, 0.1) is 6.92 Å². The molecule has 2 aromatic rings. The summed E-state index contributed by atoms with van der Waals surface area (Å²) in [7, 11) is 0. The number of rotatable bonds is 3. The molecular formula is C10H9NO5. The third kappa shape index (κ3) is 2.05. The fourth-order valence-corrected chi connectivity index (χ4v) is 1.17. The quantitative estimate of drug-likeness (QED) is 0.791. The fraction of sp³-hybridized carbons (Fsp3) is 0.200. The van der Waals surface area contributed by atoms with Crippen molar-refractivity contribution in [2.45, 2.75) is 13.5 Å². The first-order valence-electron chi connectivity index (χ1n) is 4.57. The van der Waals surface area contributed by atoms with Crippen molar-refractivity contribution in [3.8, 4) is 0 Å². The number of nitrogens with one attached hydrogen (secondary N) is 1. The van der Waals surface area contributed by atoms with Crippen LogP contribution in [0.5, 0.6) is 0 Å². The second-order valence-corrected chi connectivity index (χ2v) is 3.09. The molecule has 0 aliphatic carbocycles. The molecule has 2 aromatic heterocycles. The lowest BCUT2D eigenvalue weighted by molar-refractivity contribution is 0.0437.